The molecule has 3 aliphatic carbocycles. The largest absolute Gasteiger partial charge is 0.364 e. The van der Waals surface area contributed by atoms with Crippen molar-refractivity contribution in [2.24, 2.45) is 11.8 Å². The van der Waals surface area contributed by atoms with Crippen molar-refractivity contribution in [2.45, 2.75) is 134 Å². The first-order valence-corrected chi connectivity index (χ1v) is 22.8. The van der Waals surface area contributed by atoms with Crippen LogP contribution in [-0.2, 0) is 10.8 Å². The molecule has 5 aliphatic rings. The van der Waals surface area contributed by atoms with Gasteiger partial charge in [0.1, 0.15) is 0 Å². The molecule has 2 aliphatic heterocycles. The van der Waals surface area contributed by atoms with E-state index < -0.39 is 0 Å². The monoisotopic (exact) mass is 762 g/mol. The van der Waals surface area contributed by atoms with E-state index in [1.807, 2.05) is 0 Å². The van der Waals surface area contributed by atoms with Crippen molar-refractivity contribution in [3.8, 4) is 0 Å². The van der Waals surface area contributed by atoms with E-state index in [0.29, 0.717) is 17.9 Å². The second-order valence-corrected chi connectivity index (χ2v) is 19.2. The number of allylic oxidation sites excluding steroid dienone is 7. The lowest BCUT2D eigenvalue weighted by atomic mass is 9.65. The summed E-state index contributed by atoms with van der Waals surface area (Å²) in [5.41, 5.74) is 10.5. The SMILES string of the molecule is CC(C)CCN1/C(=C/C=C2\CCC(/C=C/C3N(CCC(C)C)c4ccc5ccccc5c4C34CCCCC4)=C2Cl)C2(CCCCC2)c2c1ccc1ccccc21. The highest BCUT2D eigenvalue weighted by molar-refractivity contribution is 6.33. The summed E-state index contributed by atoms with van der Waals surface area (Å²) in [4.78, 5) is 5.51. The second-order valence-electron chi connectivity index (χ2n) is 18.8. The van der Waals surface area contributed by atoms with Crippen molar-refractivity contribution >= 4 is 44.5 Å². The number of hydrogen-bond acceptors (Lipinski definition) is 2. The fraction of sp³-hybridized carbons (Fsp3) is 0.472. The Morgan fingerprint density at radius 3 is 1.95 bits per heavy atom. The molecule has 0 aromatic heterocycles. The van der Waals surface area contributed by atoms with Crippen LogP contribution in [0.4, 0.5) is 11.4 Å². The first kappa shape index (κ1) is 37.8. The van der Waals surface area contributed by atoms with Gasteiger partial charge in [0.2, 0.25) is 0 Å². The van der Waals surface area contributed by atoms with Gasteiger partial charge >= 0.3 is 0 Å². The van der Waals surface area contributed by atoms with E-state index in [4.69, 9.17) is 11.6 Å². The van der Waals surface area contributed by atoms with Gasteiger partial charge < -0.3 is 9.80 Å². The van der Waals surface area contributed by atoms with E-state index in [1.165, 1.54) is 127 Å². The van der Waals surface area contributed by atoms with Crippen LogP contribution in [0.5, 0.6) is 0 Å². The lowest BCUT2D eigenvalue weighted by molar-refractivity contribution is 0.277. The van der Waals surface area contributed by atoms with Crippen LogP contribution in [0.15, 0.2) is 119 Å². The molecule has 2 nitrogen and oxygen atoms in total. The number of fused-ring (bicyclic) bond motifs is 8. The van der Waals surface area contributed by atoms with Gasteiger partial charge in [-0.25, -0.2) is 0 Å². The number of anilines is 2. The Kier molecular flexibility index (Phi) is 10.5. The minimum Gasteiger partial charge on any atom is -0.364 e. The standard InChI is InChI=1S/C53H63ClN2/c1-37(2)29-35-55-45-25-21-39-15-7-9-17-43(39)49(45)52(31-11-5-12-32-52)47(55)27-23-41-19-20-42(51(41)54)24-28-48-53(33-13-6-14-34-53)50-44-18-10-8-16-40(44)22-26-46(50)56(48)36-30-38(3)4/h7-10,15-18,21-28,37-38,47H,5-6,11-14,19-20,29-36H2,1-4H3/b27-23+,42-24+,48-28+. The normalized spacial score (nSPS) is 23.2. The molecular weight excluding hydrogens is 700 g/mol. The van der Waals surface area contributed by atoms with Gasteiger partial charge in [0.25, 0.3) is 0 Å². The first-order valence-electron chi connectivity index (χ1n) is 22.4. The quantitative estimate of drug-likeness (QED) is 0.168. The van der Waals surface area contributed by atoms with Crippen molar-refractivity contribution in [1.29, 1.82) is 0 Å². The summed E-state index contributed by atoms with van der Waals surface area (Å²) in [6.07, 6.45) is 27.3. The summed E-state index contributed by atoms with van der Waals surface area (Å²) in [6, 6.07) is 28.2. The van der Waals surface area contributed by atoms with Crippen LogP contribution >= 0.6 is 11.6 Å². The number of benzene rings is 4. The van der Waals surface area contributed by atoms with Crippen LogP contribution in [-0.4, -0.2) is 19.1 Å². The zero-order valence-electron chi connectivity index (χ0n) is 34.6. The molecular formula is C53H63ClN2. The third kappa shape index (κ3) is 6.47. The molecule has 1 atom stereocenters. The average molecular weight is 764 g/mol. The van der Waals surface area contributed by atoms with Gasteiger partial charge in [0, 0.05) is 46.0 Å². The molecule has 292 valence electrons. The number of hydrogen-bond donors (Lipinski definition) is 0. The van der Waals surface area contributed by atoms with Gasteiger partial charge in [-0.2, -0.15) is 0 Å². The van der Waals surface area contributed by atoms with Gasteiger partial charge in [-0.1, -0.05) is 157 Å². The molecule has 0 radical (unpaired) electrons. The summed E-state index contributed by atoms with van der Waals surface area (Å²) in [7, 11) is 0. The summed E-state index contributed by atoms with van der Waals surface area (Å²) < 4.78 is 0. The molecule has 9 rings (SSSR count). The van der Waals surface area contributed by atoms with Gasteiger partial charge in [-0.05, 0) is 125 Å². The molecule has 4 aromatic rings. The van der Waals surface area contributed by atoms with Crippen molar-refractivity contribution in [2.75, 3.05) is 22.9 Å². The van der Waals surface area contributed by atoms with Gasteiger partial charge in [0.05, 0.1) is 6.04 Å². The molecule has 2 saturated carbocycles. The smallest absolute Gasteiger partial charge is 0.0574 e. The summed E-state index contributed by atoms with van der Waals surface area (Å²) in [5, 5.41) is 6.65. The van der Waals surface area contributed by atoms with E-state index in [0.717, 1.165) is 31.0 Å². The van der Waals surface area contributed by atoms with Crippen LogP contribution in [0, 0.1) is 11.8 Å². The highest BCUT2D eigenvalue weighted by atomic mass is 35.5. The van der Waals surface area contributed by atoms with Crippen molar-refractivity contribution in [3.63, 3.8) is 0 Å². The van der Waals surface area contributed by atoms with Gasteiger partial charge in [0.15, 0.2) is 0 Å². The third-order valence-electron chi connectivity index (χ3n) is 14.6. The fourth-order valence-electron chi connectivity index (χ4n) is 11.7. The molecule has 1 unspecified atom stereocenters. The molecule has 56 heavy (non-hydrogen) atoms. The molecule has 2 spiro atoms. The zero-order chi connectivity index (χ0) is 38.4. The number of rotatable bonds is 9. The highest BCUT2D eigenvalue weighted by Gasteiger charge is 2.51. The van der Waals surface area contributed by atoms with Crippen molar-refractivity contribution < 1.29 is 0 Å². The molecule has 2 fully saturated rings. The van der Waals surface area contributed by atoms with Gasteiger partial charge in [-0.3, -0.25) is 0 Å². The van der Waals surface area contributed by atoms with E-state index in [9.17, 15) is 0 Å². The lowest BCUT2D eigenvalue weighted by Crippen LogP contribution is -2.45. The number of halogens is 1. The molecule has 2 heterocycles. The van der Waals surface area contributed by atoms with Crippen LogP contribution < -0.4 is 9.80 Å². The summed E-state index contributed by atoms with van der Waals surface area (Å²) in [6.45, 7) is 11.6. The zero-order valence-corrected chi connectivity index (χ0v) is 35.3. The molecule has 4 aromatic carbocycles. The Balaban J connectivity index is 1.09. The predicted octanol–water partition coefficient (Wildman–Crippen LogP) is 14.9. The molecule has 0 saturated heterocycles. The minimum absolute atomic E-state index is 0.0649. The van der Waals surface area contributed by atoms with E-state index >= 15 is 0 Å². The maximum absolute atomic E-state index is 7.49. The Labute approximate surface area is 342 Å². The van der Waals surface area contributed by atoms with Crippen molar-refractivity contribution in [1.82, 2.24) is 0 Å². The number of nitrogens with zero attached hydrogens (tertiary/aromatic N) is 2. The maximum Gasteiger partial charge on any atom is 0.0574 e. The lowest BCUT2D eigenvalue weighted by Gasteiger charge is -2.41. The Morgan fingerprint density at radius 1 is 0.661 bits per heavy atom. The molecule has 3 heteroatoms. The van der Waals surface area contributed by atoms with Gasteiger partial charge in [-0.15, -0.1) is 0 Å². The second kappa shape index (κ2) is 15.5. The Morgan fingerprint density at radius 2 is 1.27 bits per heavy atom. The van der Waals surface area contributed by atoms with E-state index in [1.54, 1.807) is 11.1 Å². The molecule has 0 amide bonds. The molecule has 0 bridgehead atoms. The Bertz CT molecular complexity index is 2220. The average Bonchev–Trinajstić information content (AvgIpc) is 3.79. The third-order valence-corrected chi connectivity index (χ3v) is 15.0. The highest BCUT2D eigenvalue weighted by Crippen LogP contribution is 2.58. The summed E-state index contributed by atoms with van der Waals surface area (Å²) in [5.74, 6) is 1.32. The van der Waals surface area contributed by atoms with E-state index in [-0.39, 0.29) is 10.8 Å². The predicted molar refractivity (Wildman–Crippen MR) is 242 cm³/mol. The summed E-state index contributed by atoms with van der Waals surface area (Å²) >= 11 is 7.49. The maximum atomic E-state index is 7.49. The van der Waals surface area contributed by atoms with Crippen LogP contribution in [0.25, 0.3) is 21.5 Å². The molecule has 0 N–H and O–H groups in total. The van der Waals surface area contributed by atoms with E-state index in [2.05, 4.69) is 135 Å². The topological polar surface area (TPSA) is 6.48 Å². The first-order chi connectivity index (χ1) is 27.3. The minimum atomic E-state index is 0.0649. The van der Waals surface area contributed by atoms with Crippen LogP contribution in [0.2, 0.25) is 0 Å². The van der Waals surface area contributed by atoms with Crippen molar-refractivity contribution in [3.05, 3.63) is 130 Å². The van der Waals surface area contributed by atoms with Crippen LogP contribution in [0.1, 0.15) is 129 Å². The van der Waals surface area contributed by atoms with Crippen LogP contribution in [0.3, 0.4) is 0 Å². The fourth-order valence-corrected chi connectivity index (χ4v) is 12.0. The Hall–Kier alpha value is -3.75.